The molecule has 0 saturated carbocycles. The molecule has 0 bridgehead atoms. The standard InChI is InChI=1S/C10H20ClNO3S/c1-9(7-11)8-16(14,15)12-5-3-10(2,13)4-6-12/h9,13H,3-8H2,1-2H3. The van der Waals surface area contributed by atoms with Gasteiger partial charge in [0.15, 0.2) is 0 Å². The average molecular weight is 270 g/mol. The van der Waals surface area contributed by atoms with E-state index in [2.05, 4.69) is 0 Å². The molecule has 4 nitrogen and oxygen atoms in total. The van der Waals surface area contributed by atoms with E-state index in [1.165, 1.54) is 4.31 Å². The zero-order chi connectivity index (χ0) is 12.4. The average Bonchev–Trinajstić information content (AvgIpc) is 2.16. The van der Waals surface area contributed by atoms with Gasteiger partial charge in [0.1, 0.15) is 0 Å². The van der Waals surface area contributed by atoms with Gasteiger partial charge in [0.25, 0.3) is 0 Å². The Labute approximate surface area is 103 Å². The minimum absolute atomic E-state index is 0.0332. The number of hydrogen-bond donors (Lipinski definition) is 1. The fraction of sp³-hybridized carbons (Fsp3) is 1.00. The molecule has 1 rings (SSSR count). The van der Waals surface area contributed by atoms with Gasteiger partial charge in [-0.25, -0.2) is 12.7 Å². The first kappa shape index (κ1) is 14.2. The normalized spacial score (nSPS) is 24.2. The highest BCUT2D eigenvalue weighted by molar-refractivity contribution is 7.89. The Balaban J connectivity index is 2.58. The fourth-order valence-electron chi connectivity index (χ4n) is 1.76. The maximum Gasteiger partial charge on any atom is 0.214 e. The molecule has 16 heavy (non-hydrogen) atoms. The van der Waals surface area contributed by atoms with Gasteiger partial charge in [-0.15, -0.1) is 11.6 Å². The van der Waals surface area contributed by atoms with Gasteiger partial charge >= 0.3 is 0 Å². The molecule has 1 N–H and O–H groups in total. The Morgan fingerprint density at radius 1 is 1.44 bits per heavy atom. The van der Waals surface area contributed by atoms with Crippen molar-refractivity contribution < 1.29 is 13.5 Å². The first-order chi connectivity index (χ1) is 7.27. The van der Waals surface area contributed by atoms with Crippen molar-refractivity contribution in [3.8, 4) is 0 Å². The Bertz CT molecular complexity index is 319. The molecule has 1 aliphatic rings. The molecule has 1 aliphatic heterocycles. The van der Waals surface area contributed by atoms with E-state index in [9.17, 15) is 13.5 Å². The van der Waals surface area contributed by atoms with Crippen LogP contribution >= 0.6 is 11.6 Å². The summed E-state index contributed by atoms with van der Waals surface area (Å²) in [5, 5.41) is 9.74. The lowest BCUT2D eigenvalue weighted by Gasteiger charge is -2.35. The maximum absolute atomic E-state index is 12.0. The van der Waals surface area contributed by atoms with Crippen LogP contribution in [0.25, 0.3) is 0 Å². The molecule has 1 fully saturated rings. The summed E-state index contributed by atoms with van der Waals surface area (Å²) in [6.07, 6.45) is 1.00. The van der Waals surface area contributed by atoms with Crippen molar-refractivity contribution >= 4 is 21.6 Å². The van der Waals surface area contributed by atoms with Crippen molar-refractivity contribution in [1.29, 1.82) is 0 Å². The lowest BCUT2D eigenvalue weighted by molar-refractivity contribution is 0.0126. The Kier molecular flexibility index (Phi) is 4.63. The van der Waals surface area contributed by atoms with Crippen LogP contribution in [0, 0.1) is 5.92 Å². The predicted molar refractivity (Wildman–Crippen MR) is 65.1 cm³/mol. The summed E-state index contributed by atoms with van der Waals surface area (Å²) >= 11 is 5.62. The smallest absolute Gasteiger partial charge is 0.214 e. The molecule has 1 unspecified atom stereocenters. The van der Waals surface area contributed by atoms with Crippen LogP contribution in [0.5, 0.6) is 0 Å². The predicted octanol–water partition coefficient (Wildman–Crippen LogP) is 1.04. The summed E-state index contributed by atoms with van der Waals surface area (Å²) in [6.45, 7) is 4.39. The SMILES string of the molecule is CC(CCl)CS(=O)(=O)N1CCC(C)(O)CC1. The van der Waals surface area contributed by atoms with Crippen LogP contribution in [-0.4, -0.2) is 48.2 Å². The molecular weight excluding hydrogens is 250 g/mol. The third kappa shape index (κ3) is 3.87. The van der Waals surface area contributed by atoms with E-state index in [0.29, 0.717) is 31.8 Å². The second-order valence-corrected chi connectivity index (χ2v) is 7.26. The third-order valence-electron chi connectivity index (χ3n) is 2.95. The molecule has 0 aromatic rings. The zero-order valence-corrected chi connectivity index (χ0v) is 11.4. The van der Waals surface area contributed by atoms with Crippen LogP contribution in [0.4, 0.5) is 0 Å². The van der Waals surface area contributed by atoms with E-state index in [-0.39, 0.29) is 11.7 Å². The minimum atomic E-state index is -3.21. The Hall–Kier alpha value is 0.160. The van der Waals surface area contributed by atoms with Crippen molar-refractivity contribution in [3.05, 3.63) is 0 Å². The van der Waals surface area contributed by atoms with E-state index in [1.54, 1.807) is 6.92 Å². The van der Waals surface area contributed by atoms with Crippen LogP contribution in [0.15, 0.2) is 0 Å². The van der Waals surface area contributed by atoms with Crippen LogP contribution in [0.1, 0.15) is 26.7 Å². The molecule has 0 aromatic carbocycles. The van der Waals surface area contributed by atoms with Gasteiger partial charge in [-0.3, -0.25) is 0 Å². The number of sulfonamides is 1. The molecule has 0 spiro atoms. The van der Waals surface area contributed by atoms with Gasteiger partial charge < -0.3 is 5.11 Å². The number of halogens is 1. The van der Waals surface area contributed by atoms with Crippen LogP contribution in [0.3, 0.4) is 0 Å². The molecule has 1 atom stereocenters. The number of hydrogen-bond acceptors (Lipinski definition) is 3. The van der Waals surface area contributed by atoms with Crippen LogP contribution < -0.4 is 0 Å². The topological polar surface area (TPSA) is 57.6 Å². The summed E-state index contributed by atoms with van der Waals surface area (Å²) in [4.78, 5) is 0. The minimum Gasteiger partial charge on any atom is -0.390 e. The van der Waals surface area contributed by atoms with Crippen molar-refractivity contribution in [1.82, 2.24) is 4.31 Å². The molecule has 0 radical (unpaired) electrons. The second kappa shape index (κ2) is 5.21. The van der Waals surface area contributed by atoms with Gasteiger partial charge in [0, 0.05) is 19.0 Å². The van der Waals surface area contributed by atoms with Crippen molar-refractivity contribution in [2.24, 2.45) is 5.92 Å². The van der Waals surface area contributed by atoms with Gasteiger partial charge in [-0.05, 0) is 25.7 Å². The highest BCUT2D eigenvalue weighted by Crippen LogP contribution is 2.23. The number of rotatable bonds is 4. The second-order valence-electron chi connectivity index (χ2n) is 4.93. The van der Waals surface area contributed by atoms with Crippen LogP contribution in [0.2, 0.25) is 0 Å². The van der Waals surface area contributed by atoms with Crippen molar-refractivity contribution in [2.75, 3.05) is 24.7 Å². The Morgan fingerprint density at radius 3 is 2.38 bits per heavy atom. The molecule has 0 aromatic heterocycles. The summed E-state index contributed by atoms with van der Waals surface area (Å²) < 4.78 is 25.4. The van der Waals surface area contributed by atoms with Crippen molar-refractivity contribution in [3.63, 3.8) is 0 Å². The number of alkyl halides is 1. The highest BCUT2D eigenvalue weighted by Gasteiger charge is 2.33. The molecule has 6 heteroatoms. The molecule has 1 saturated heterocycles. The van der Waals surface area contributed by atoms with E-state index in [0.717, 1.165) is 0 Å². The van der Waals surface area contributed by atoms with Gasteiger partial charge in [-0.1, -0.05) is 6.92 Å². The summed E-state index contributed by atoms with van der Waals surface area (Å²) in [5.41, 5.74) is -0.718. The monoisotopic (exact) mass is 269 g/mol. The van der Waals surface area contributed by atoms with Crippen LogP contribution in [-0.2, 0) is 10.0 Å². The molecule has 1 heterocycles. The van der Waals surface area contributed by atoms with Crippen molar-refractivity contribution in [2.45, 2.75) is 32.3 Å². The van der Waals surface area contributed by atoms with E-state index >= 15 is 0 Å². The van der Waals surface area contributed by atoms with Gasteiger partial charge in [0.05, 0.1) is 11.4 Å². The molecule has 0 aliphatic carbocycles. The van der Waals surface area contributed by atoms with Gasteiger partial charge in [0.2, 0.25) is 10.0 Å². The van der Waals surface area contributed by atoms with E-state index in [4.69, 9.17) is 11.6 Å². The highest BCUT2D eigenvalue weighted by atomic mass is 35.5. The third-order valence-corrected chi connectivity index (χ3v) is 5.62. The lowest BCUT2D eigenvalue weighted by atomic mass is 9.95. The van der Waals surface area contributed by atoms with Gasteiger partial charge in [-0.2, -0.15) is 0 Å². The van der Waals surface area contributed by atoms with E-state index < -0.39 is 15.6 Å². The molecular formula is C10H20ClNO3S. The molecule has 96 valence electrons. The summed E-state index contributed by atoms with van der Waals surface area (Å²) in [5.74, 6) is 0.415. The lowest BCUT2D eigenvalue weighted by Crippen LogP contribution is -2.46. The number of piperidine rings is 1. The first-order valence-electron chi connectivity index (χ1n) is 5.53. The zero-order valence-electron chi connectivity index (χ0n) is 9.82. The largest absolute Gasteiger partial charge is 0.390 e. The van der Waals surface area contributed by atoms with E-state index in [1.807, 2.05) is 6.92 Å². The summed E-state index contributed by atoms with van der Waals surface area (Å²) in [6, 6.07) is 0. The maximum atomic E-state index is 12.0. The number of nitrogens with zero attached hydrogens (tertiary/aromatic N) is 1. The quantitative estimate of drug-likeness (QED) is 0.776. The fourth-order valence-corrected chi connectivity index (χ4v) is 3.78. The Morgan fingerprint density at radius 2 is 1.94 bits per heavy atom. The number of aliphatic hydroxyl groups is 1. The summed E-state index contributed by atoms with van der Waals surface area (Å²) in [7, 11) is -3.21. The first-order valence-corrected chi connectivity index (χ1v) is 7.67. The molecule has 0 amide bonds.